The molecule has 23 heavy (non-hydrogen) atoms. The van der Waals surface area contributed by atoms with Gasteiger partial charge < -0.3 is 9.53 Å². The van der Waals surface area contributed by atoms with Gasteiger partial charge in [0.1, 0.15) is 6.29 Å². The van der Waals surface area contributed by atoms with Crippen molar-refractivity contribution < 1.29 is 9.53 Å². The van der Waals surface area contributed by atoms with Gasteiger partial charge in [0.15, 0.2) is 5.65 Å². The average Bonchev–Trinajstić information content (AvgIpc) is 2.99. The highest BCUT2D eigenvalue weighted by Gasteiger charge is 2.12. The van der Waals surface area contributed by atoms with Crippen LogP contribution in [0, 0.1) is 5.92 Å². The van der Waals surface area contributed by atoms with Gasteiger partial charge in [0.2, 0.25) is 5.88 Å². The fourth-order valence-corrected chi connectivity index (χ4v) is 1.97. The van der Waals surface area contributed by atoms with Crippen LogP contribution in [0.25, 0.3) is 16.8 Å². The van der Waals surface area contributed by atoms with E-state index in [1.54, 1.807) is 30.2 Å². The van der Waals surface area contributed by atoms with Gasteiger partial charge >= 0.3 is 0 Å². The Kier molecular flexibility index (Phi) is 5.80. The van der Waals surface area contributed by atoms with E-state index in [0.29, 0.717) is 18.2 Å². The number of rotatable bonds is 4. The molecule has 0 unspecified atom stereocenters. The number of hydrogen-bond donors (Lipinski definition) is 0. The van der Waals surface area contributed by atoms with E-state index in [4.69, 9.17) is 4.74 Å². The number of nitrogens with zero attached hydrogens (tertiary/aromatic N) is 4. The SMILES string of the molecule is CC(C)CC=O.COc1ncccc1-c1cnn2cccnc12. The van der Waals surface area contributed by atoms with E-state index in [2.05, 4.69) is 15.1 Å². The third-order valence-electron chi connectivity index (χ3n) is 3.10. The van der Waals surface area contributed by atoms with Crippen molar-refractivity contribution in [2.45, 2.75) is 20.3 Å². The Bertz CT molecular complexity index is 768. The van der Waals surface area contributed by atoms with E-state index >= 15 is 0 Å². The molecule has 0 N–H and O–H groups in total. The highest BCUT2D eigenvalue weighted by atomic mass is 16.5. The fourth-order valence-electron chi connectivity index (χ4n) is 1.97. The number of carbonyl (C=O) groups excluding carboxylic acids is 1. The number of methoxy groups -OCH3 is 1. The zero-order valence-electron chi connectivity index (χ0n) is 13.5. The molecule has 0 fully saturated rings. The van der Waals surface area contributed by atoms with Gasteiger partial charge in [-0.25, -0.2) is 14.5 Å². The largest absolute Gasteiger partial charge is 0.481 e. The summed E-state index contributed by atoms with van der Waals surface area (Å²) >= 11 is 0. The normalized spacial score (nSPS) is 10.3. The number of aldehydes is 1. The average molecular weight is 312 g/mol. The number of hydrogen-bond acceptors (Lipinski definition) is 5. The van der Waals surface area contributed by atoms with Crippen LogP contribution in [0.4, 0.5) is 0 Å². The van der Waals surface area contributed by atoms with Crippen LogP contribution in [0.1, 0.15) is 20.3 Å². The molecule has 120 valence electrons. The second-order valence-corrected chi connectivity index (χ2v) is 5.30. The summed E-state index contributed by atoms with van der Waals surface area (Å²) in [4.78, 5) is 18.1. The summed E-state index contributed by atoms with van der Waals surface area (Å²) in [5.74, 6) is 1.11. The number of pyridine rings is 1. The summed E-state index contributed by atoms with van der Waals surface area (Å²) in [6, 6.07) is 5.64. The van der Waals surface area contributed by atoms with Crippen LogP contribution in [-0.4, -0.2) is 33.0 Å². The van der Waals surface area contributed by atoms with Crippen molar-refractivity contribution in [3.63, 3.8) is 0 Å². The van der Waals surface area contributed by atoms with Crippen molar-refractivity contribution in [2.24, 2.45) is 5.92 Å². The number of ether oxygens (including phenoxy) is 1. The van der Waals surface area contributed by atoms with Gasteiger partial charge in [0, 0.05) is 30.6 Å². The molecule has 0 spiro atoms. The van der Waals surface area contributed by atoms with Crippen LogP contribution in [0.3, 0.4) is 0 Å². The van der Waals surface area contributed by atoms with Gasteiger partial charge in [-0.3, -0.25) is 0 Å². The zero-order chi connectivity index (χ0) is 16.7. The summed E-state index contributed by atoms with van der Waals surface area (Å²) in [6.45, 7) is 4.04. The second-order valence-electron chi connectivity index (χ2n) is 5.30. The molecule has 0 aliphatic carbocycles. The third-order valence-corrected chi connectivity index (χ3v) is 3.10. The van der Waals surface area contributed by atoms with Gasteiger partial charge in [-0.1, -0.05) is 13.8 Å². The van der Waals surface area contributed by atoms with Gasteiger partial charge in [-0.2, -0.15) is 5.10 Å². The zero-order valence-corrected chi connectivity index (χ0v) is 13.5. The smallest absolute Gasteiger partial charge is 0.221 e. The van der Waals surface area contributed by atoms with Crippen molar-refractivity contribution in [2.75, 3.05) is 7.11 Å². The number of aromatic nitrogens is 4. The molecular formula is C17H20N4O2. The highest BCUT2D eigenvalue weighted by molar-refractivity contribution is 5.79. The first kappa shape index (κ1) is 16.6. The predicted molar refractivity (Wildman–Crippen MR) is 88.3 cm³/mol. The molecule has 0 saturated carbocycles. The third kappa shape index (κ3) is 4.12. The highest BCUT2D eigenvalue weighted by Crippen LogP contribution is 2.29. The van der Waals surface area contributed by atoms with Crippen molar-refractivity contribution in [1.29, 1.82) is 0 Å². The van der Waals surface area contributed by atoms with E-state index in [0.717, 1.165) is 23.1 Å². The summed E-state index contributed by atoms with van der Waals surface area (Å²) in [6.07, 6.45) is 8.70. The van der Waals surface area contributed by atoms with Crippen molar-refractivity contribution in [3.8, 4) is 17.0 Å². The van der Waals surface area contributed by atoms with Crippen molar-refractivity contribution >= 4 is 11.9 Å². The van der Waals surface area contributed by atoms with Crippen molar-refractivity contribution in [3.05, 3.63) is 43.0 Å². The van der Waals surface area contributed by atoms with Gasteiger partial charge in [0.25, 0.3) is 0 Å². The maximum atomic E-state index is 9.62. The number of carbonyl (C=O) groups is 1. The molecule has 0 aromatic carbocycles. The molecule has 3 rings (SSSR count). The molecule has 3 aromatic heterocycles. The van der Waals surface area contributed by atoms with E-state index in [-0.39, 0.29) is 0 Å². The summed E-state index contributed by atoms with van der Waals surface area (Å²) < 4.78 is 6.97. The molecule has 0 bridgehead atoms. The Morgan fingerprint density at radius 1 is 1.22 bits per heavy atom. The van der Waals surface area contributed by atoms with Crippen LogP contribution >= 0.6 is 0 Å². The first-order valence-corrected chi connectivity index (χ1v) is 7.38. The molecule has 0 atom stereocenters. The monoisotopic (exact) mass is 312 g/mol. The molecule has 0 aliphatic heterocycles. The minimum Gasteiger partial charge on any atom is -0.481 e. The summed E-state index contributed by atoms with van der Waals surface area (Å²) in [5, 5.41) is 4.24. The van der Waals surface area contributed by atoms with E-state index in [1.165, 1.54) is 0 Å². The first-order chi connectivity index (χ1) is 11.2. The van der Waals surface area contributed by atoms with Crippen LogP contribution in [-0.2, 0) is 4.79 Å². The van der Waals surface area contributed by atoms with Crippen molar-refractivity contribution in [1.82, 2.24) is 19.6 Å². The van der Waals surface area contributed by atoms with E-state index in [1.807, 2.05) is 38.2 Å². The topological polar surface area (TPSA) is 69.4 Å². The Labute approximate surface area is 135 Å². The quantitative estimate of drug-likeness (QED) is 0.693. The number of fused-ring (bicyclic) bond motifs is 1. The fraction of sp³-hybridized carbons (Fsp3) is 0.294. The molecule has 6 nitrogen and oxygen atoms in total. The Morgan fingerprint density at radius 2 is 2.00 bits per heavy atom. The van der Waals surface area contributed by atoms with Crippen LogP contribution in [0.2, 0.25) is 0 Å². The minimum atomic E-state index is 0.530. The summed E-state index contributed by atoms with van der Waals surface area (Å²) in [5.41, 5.74) is 2.60. The van der Waals surface area contributed by atoms with Crippen LogP contribution < -0.4 is 4.74 Å². The van der Waals surface area contributed by atoms with Gasteiger partial charge in [-0.05, 0) is 24.1 Å². The molecule has 0 aliphatic rings. The molecule has 0 amide bonds. The van der Waals surface area contributed by atoms with Crippen LogP contribution in [0.5, 0.6) is 5.88 Å². The Morgan fingerprint density at radius 3 is 2.65 bits per heavy atom. The molecule has 3 heterocycles. The predicted octanol–water partition coefficient (Wildman–Crippen LogP) is 3.03. The van der Waals surface area contributed by atoms with Gasteiger partial charge in [-0.15, -0.1) is 0 Å². The van der Waals surface area contributed by atoms with E-state index in [9.17, 15) is 4.79 Å². The lowest BCUT2D eigenvalue weighted by Crippen LogP contribution is -1.92. The lowest BCUT2D eigenvalue weighted by Gasteiger charge is -2.04. The van der Waals surface area contributed by atoms with Gasteiger partial charge in [0.05, 0.1) is 18.9 Å². The standard InChI is InChI=1S/C12H10N4O.C5H10O/c1-17-12-9(4-2-5-14-12)10-8-15-16-7-3-6-13-11(10)16;1-5(2)3-4-6/h2-8H,1H3;4-5H,3H2,1-2H3. The molecule has 6 heteroatoms. The van der Waals surface area contributed by atoms with E-state index < -0.39 is 0 Å². The maximum Gasteiger partial charge on any atom is 0.221 e. The molecule has 0 saturated heterocycles. The Balaban J connectivity index is 0.000000277. The maximum absolute atomic E-state index is 9.62. The lowest BCUT2D eigenvalue weighted by molar-refractivity contribution is -0.108. The van der Waals surface area contributed by atoms with Crippen LogP contribution in [0.15, 0.2) is 43.0 Å². The first-order valence-electron chi connectivity index (χ1n) is 7.38. The minimum absolute atomic E-state index is 0.530. The Hall–Kier alpha value is -2.76. The molecular weight excluding hydrogens is 292 g/mol. The lowest BCUT2D eigenvalue weighted by atomic mass is 10.1. The molecule has 0 radical (unpaired) electrons. The summed E-state index contributed by atoms with van der Waals surface area (Å²) in [7, 11) is 1.60. The second kappa shape index (κ2) is 8.03. The molecule has 3 aromatic rings.